The molecule has 0 saturated heterocycles. The SMILES string of the molecule is CC(C)N(C)Cc1nc2cccnc2n1Cc1nc2ccccc2[nH]1. The van der Waals surface area contributed by atoms with Crippen LogP contribution in [0, 0.1) is 0 Å². The van der Waals surface area contributed by atoms with Gasteiger partial charge in [-0.1, -0.05) is 12.1 Å². The molecule has 6 nitrogen and oxygen atoms in total. The Labute approximate surface area is 146 Å². The lowest BCUT2D eigenvalue weighted by molar-refractivity contribution is 0.256. The van der Waals surface area contributed by atoms with Crippen LogP contribution < -0.4 is 0 Å². The number of para-hydroxylation sites is 2. The van der Waals surface area contributed by atoms with Gasteiger partial charge in [0, 0.05) is 12.2 Å². The average molecular weight is 334 g/mol. The third-order valence-corrected chi connectivity index (χ3v) is 4.60. The molecule has 0 aliphatic carbocycles. The van der Waals surface area contributed by atoms with Crippen LogP contribution in [0.4, 0.5) is 0 Å². The van der Waals surface area contributed by atoms with E-state index < -0.39 is 0 Å². The molecule has 0 bridgehead atoms. The van der Waals surface area contributed by atoms with Gasteiger partial charge in [0.1, 0.15) is 17.2 Å². The molecule has 6 heteroatoms. The molecule has 0 fully saturated rings. The van der Waals surface area contributed by atoms with Crippen LogP contribution in [0.2, 0.25) is 0 Å². The maximum absolute atomic E-state index is 4.80. The fourth-order valence-corrected chi connectivity index (χ4v) is 2.93. The number of benzene rings is 1. The van der Waals surface area contributed by atoms with E-state index in [0.717, 1.165) is 40.4 Å². The Morgan fingerprint density at radius 3 is 2.68 bits per heavy atom. The smallest absolute Gasteiger partial charge is 0.160 e. The number of hydrogen-bond donors (Lipinski definition) is 1. The highest BCUT2D eigenvalue weighted by Crippen LogP contribution is 2.18. The van der Waals surface area contributed by atoms with Gasteiger partial charge in [-0.2, -0.15) is 0 Å². The van der Waals surface area contributed by atoms with Crippen LogP contribution >= 0.6 is 0 Å². The molecule has 0 amide bonds. The second kappa shape index (κ2) is 6.29. The molecule has 0 spiro atoms. The van der Waals surface area contributed by atoms with E-state index in [-0.39, 0.29) is 0 Å². The van der Waals surface area contributed by atoms with Gasteiger partial charge < -0.3 is 9.55 Å². The summed E-state index contributed by atoms with van der Waals surface area (Å²) >= 11 is 0. The summed E-state index contributed by atoms with van der Waals surface area (Å²) in [5.74, 6) is 1.92. The first-order valence-electron chi connectivity index (χ1n) is 8.56. The van der Waals surface area contributed by atoms with Gasteiger partial charge in [-0.05, 0) is 45.2 Å². The molecule has 3 aromatic heterocycles. The summed E-state index contributed by atoms with van der Waals surface area (Å²) in [6, 6.07) is 12.5. The summed E-state index contributed by atoms with van der Waals surface area (Å²) in [4.78, 5) is 19.7. The van der Waals surface area contributed by atoms with E-state index in [1.165, 1.54) is 0 Å². The molecule has 3 heterocycles. The van der Waals surface area contributed by atoms with Crippen LogP contribution in [0.5, 0.6) is 0 Å². The van der Waals surface area contributed by atoms with E-state index in [1.54, 1.807) is 0 Å². The fraction of sp³-hybridized carbons (Fsp3) is 0.316. The molecule has 1 aromatic carbocycles. The highest BCUT2D eigenvalue weighted by molar-refractivity contribution is 5.75. The quantitative estimate of drug-likeness (QED) is 0.609. The lowest BCUT2D eigenvalue weighted by atomic mass is 10.3. The molecule has 0 radical (unpaired) electrons. The maximum Gasteiger partial charge on any atom is 0.160 e. The van der Waals surface area contributed by atoms with Crippen molar-refractivity contribution in [3.63, 3.8) is 0 Å². The number of rotatable bonds is 5. The van der Waals surface area contributed by atoms with Gasteiger partial charge in [-0.25, -0.2) is 15.0 Å². The molecule has 0 aliphatic heterocycles. The highest BCUT2D eigenvalue weighted by atomic mass is 15.2. The highest BCUT2D eigenvalue weighted by Gasteiger charge is 2.16. The van der Waals surface area contributed by atoms with Crippen LogP contribution in [0.3, 0.4) is 0 Å². The summed E-state index contributed by atoms with van der Waals surface area (Å²) < 4.78 is 2.16. The van der Waals surface area contributed by atoms with Crippen molar-refractivity contribution < 1.29 is 0 Å². The van der Waals surface area contributed by atoms with Crippen molar-refractivity contribution in [2.45, 2.75) is 33.0 Å². The van der Waals surface area contributed by atoms with Gasteiger partial charge in [0.15, 0.2) is 5.65 Å². The number of pyridine rings is 1. The predicted molar refractivity (Wildman–Crippen MR) is 99.3 cm³/mol. The van der Waals surface area contributed by atoms with Crippen molar-refractivity contribution in [1.29, 1.82) is 0 Å². The fourth-order valence-electron chi connectivity index (χ4n) is 2.93. The summed E-state index contributed by atoms with van der Waals surface area (Å²) in [5.41, 5.74) is 3.85. The molecule has 0 atom stereocenters. The van der Waals surface area contributed by atoms with Crippen molar-refractivity contribution in [2.75, 3.05) is 7.05 Å². The first-order valence-corrected chi connectivity index (χ1v) is 8.56. The second-order valence-corrected chi connectivity index (χ2v) is 6.67. The Morgan fingerprint density at radius 2 is 1.88 bits per heavy atom. The zero-order valence-electron chi connectivity index (χ0n) is 14.8. The summed E-state index contributed by atoms with van der Waals surface area (Å²) in [6.07, 6.45) is 1.81. The molecule has 0 saturated carbocycles. The molecule has 1 N–H and O–H groups in total. The minimum absolute atomic E-state index is 0.451. The molecule has 4 aromatic rings. The first kappa shape index (κ1) is 15.8. The van der Waals surface area contributed by atoms with Crippen molar-refractivity contribution in [3.05, 3.63) is 54.2 Å². The van der Waals surface area contributed by atoms with Gasteiger partial charge in [0.05, 0.1) is 24.1 Å². The Hall–Kier alpha value is -2.73. The zero-order valence-corrected chi connectivity index (χ0v) is 14.8. The van der Waals surface area contributed by atoms with Crippen molar-refractivity contribution in [1.82, 2.24) is 29.4 Å². The number of fused-ring (bicyclic) bond motifs is 2. The zero-order chi connectivity index (χ0) is 17.4. The number of nitrogens with one attached hydrogen (secondary N) is 1. The van der Waals surface area contributed by atoms with E-state index in [2.05, 4.69) is 40.3 Å². The van der Waals surface area contributed by atoms with E-state index in [4.69, 9.17) is 9.97 Å². The molecule has 25 heavy (non-hydrogen) atoms. The molecule has 0 unspecified atom stereocenters. The normalized spacial score (nSPS) is 12.0. The lowest BCUT2D eigenvalue weighted by Crippen LogP contribution is -2.27. The van der Waals surface area contributed by atoms with Gasteiger partial charge in [-0.3, -0.25) is 4.90 Å². The van der Waals surface area contributed by atoms with Crippen LogP contribution in [0.1, 0.15) is 25.5 Å². The van der Waals surface area contributed by atoms with Crippen molar-refractivity contribution in [3.8, 4) is 0 Å². The monoisotopic (exact) mass is 334 g/mol. The first-order chi connectivity index (χ1) is 12.1. The molecular formula is C19H22N6. The van der Waals surface area contributed by atoms with Crippen LogP contribution in [0.15, 0.2) is 42.6 Å². The van der Waals surface area contributed by atoms with E-state index >= 15 is 0 Å². The third kappa shape index (κ3) is 3.00. The number of nitrogens with zero attached hydrogens (tertiary/aromatic N) is 5. The molecule has 0 aliphatic rings. The third-order valence-electron chi connectivity index (χ3n) is 4.60. The number of hydrogen-bond acceptors (Lipinski definition) is 4. The summed E-state index contributed by atoms with van der Waals surface area (Å²) in [5, 5.41) is 0. The Kier molecular flexibility index (Phi) is 3.97. The summed E-state index contributed by atoms with van der Waals surface area (Å²) in [6.45, 7) is 5.77. The standard InChI is InChI=1S/C19H22N6/c1-13(2)24(3)12-18-23-16-9-6-10-20-19(16)25(18)11-17-21-14-7-4-5-8-15(14)22-17/h4-10,13H,11-12H2,1-3H3,(H,21,22). The van der Waals surface area contributed by atoms with E-state index in [1.807, 2.05) is 42.6 Å². The van der Waals surface area contributed by atoms with Crippen LogP contribution in [-0.4, -0.2) is 42.5 Å². The van der Waals surface area contributed by atoms with Crippen LogP contribution in [-0.2, 0) is 13.1 Å². The predicted octanol–water partition coefficient (Wildman–Crippen LogP) is 3.20. The van der Waals surface area contributed by atoms with Gasteiger partial charge in [0.25, 0.3) is 0 Å². The largest absolute Gasteiger partial charge is 0.340 e. The van der Waals surface area contributed by atoms with Crippen LogP contribution in [0.25, 0.3) is 22.2 Å². The average Bonchev–Trinajstić information content (AvgIpc) is 3.16. The Morgan fingerprint density at radius 1 is 1.08 bits per heavy atom. The Bertz CT molecular complexity index is 980. The molecule has 128 valence electrons. The minimum Gasteiger partial charge on any atom is -0.340 e. The number of H-pyrrole nitrogens is 1. The second-order valence-electron chi connectivity index (χ2n) is 6.67. The van der Waals surface area contributed by atoms with Crippen molar-refractivity contribution in [2.24, 2.45) is 0 Å². The number of imidazole rings is 2. The van der Waals surface area contributed by atoms with Gasteiger partial charge in [0.2, 0.25) is 0 Å². The lowest BCUT2D eigenvalue weighted by Gasteiger charge is -2.20. The topological polar surface area (TPSA) is 62.6 Å². The van der Waals surface area contributed by atoms with E-state index in [0.29, 0.717) is 12.6 Å². The van der Waals surface area contributed by atoms with E-state index in [9.17, 15) is 0 Å². The van der Waals surface area contributed by atoms with Gasteiger partial charge >= 0.3 is 0 Å². The minimum atomic E-state index is 0.451. The number of aromatic amines is 1. The summed E-state index contributed by atoms with van der Waals surface area (Å²) in [7, 11) is 2.11. The van der Waals surface area contributed by atoms with Gasteiger partial charge in [-0.15, -0.1) is 0 Å². The number of aromatic nitrogens is 5. The Balaban J connectivity index is 1.76. The maximum atomic E-state index is 4.80. The molecular weight excluding hydrogens is 312 g/mol. The molecule has 4 rings (SSSR count). The van der Waals surface area contributed by atoms with Crippen molar-refractivity contribution >= 4 is 22.2 Å².